The van der Waals surface area contributed by atoms with Gasteiger partial charge in [-0.15, -0.1) is 0 Å². The highest BCUT2D eigenvalue weighted by molar-refractivity contribution is 6.15. The van der Waals surface area contributed by atoms with Gasteiger partial charge >= 0.3 is 0 Å². The lowest BCUT2D eigenvalue weighted by Crippen LogP contribution is -2.00. The maximum Gasteiger partial charge on any atom is 0.0839 e. The SMILES string of the molecule is C/C(=N\O)c1ccc2[nH]c3c(C)cc(/C(C)=N/O)c(C)c3c2c1. The van der Waals surface area contributed by atoms with Gasteiger partial charge in [-0.25, -0.2) is 0 Å². The minimum atomic E-state index is 0.569. The van der Waals surface area contributed by atoms with Gasteiger partial charge in [-0.05, 0) is 62.6 Å². The van der Waals surface area contributed by atoms with Crippen LogP contribution < -0.4 is 0 Å². The van der Waals surface area contributed by atoms with Crippen LogP contribution in [-0.2, 0) is 0 Å². The summed E-state index contributed by atoms with van der Waals surface area (Å²) in [5.41, 5.74) is 7.20. The fraction of sp³-hybridized carbons (Fsp3) is 0.222. The van der Waals surface area contributed by atoms with Crippen LogP contribution in [0.25, 0.3) is 21.8 Å². The lowest BCUT2D eigenvalue weighted by molar-refractivity contribution is 0.319. The Morgan fingerprint density at radius 2 is 1.70 bits per heavy atom. The van der Waals surface area contributed by atoms with Crippen LogP contribution in [0.1, 0.15) is 36.1 Å². The van der Waals surface area contributed by atoms with Crippen LogP contribution in [0.2, 0.25) is 0 Å². The topological polar surface area (TPSA) is 81.0 Å². The fourth-order valence-corrected chi connectivity index (χ4v) is 3.12. The van der Waals surface area contributed by atoms with Gasteiger partial charge in [-0.2, -0.15) is 0 Å². The molecule has 0 aliphatic rings. The van der Waals surface area contributed by atoms with Crippen molar-refractivity contribution in [3.63, 3.8) is 0 Å². The number of nitrogens with zero attached hydrogens (tertiary/aromatic N) is 2. The minimum absolute atomic E-state index is 0.569. The number of fused-ring (bicyclic) bond motifs is 3. The second kappa shape index (κ2) is 5.43. The van der Waals surface area contributed by atoms with E-state index in [4.69, 9.17) is 10.4 Å². The summed E-state index contributed by atoms with van der Waals surface area (Å²) < 4.78 is 0. The first-order valence-corrected chi connectivity index (χ1v) is 7.41. The molecule has 0 amide bonds. The van der Waals surface area contributed by atoms with Crippen molar-refractivity contribution in [3.8, 4) is 0 Å². The average molecular weight is 309 g/mol. The summed E-state index contributed by atoms with van der Waals surface area (Å²) in [7, 11) is 0. The van der Waals surface area contributed by atoms with E-state index in [0.29, 0.717) is 11.4 Å². The molecule has 23 heavy (non-hydrogen) atoms. The van der Waals surface area contributed by atoms with Gasteiger partial charge in [-0.3, -0.25) is 0 Å². The summed E-state index contributed by atoms with van der Waals surface area (Å²) in [5, 5.41) is 26.9. The molecule has 2 aromatic carbocycles. The van der Waals surface area contributed by atoms with Crippen molar-refractivity contribution in [1.82, 2.24) is 4.98 Å². The van der Waals surface area contributed by atoms with Crippen LogP contribution in [-0.4, -0.2) is 26.8 Å². The van der Waals surface area contributed by atoms with E-state index in [1.54, 1.807) is 13.8 Å². The van der Waals surface area contributed by atoms with Crippen molar-refractivity contribution in [3.05, 3.63) is 46.5 Å². The minimum Gasteiger partial charge on any atom is -0.411 e. The Morgan fingerprint density at radius 1 is 1.00 bits per heavy atom. The molecule has 0 aliphatic heterocycles. The molecule has 1 aromatic heterocycles. The molecule has 3 N–H and O–H groups in total. The molecule has 0 unspecified atom stereocenters. The first-order valence-electron chi connectivity index (χ1n) is 7.41. The molecule has 0 fully saturated rings. The smallest absolute Gasteiger partial charge is 0.0839 e. The second-order valence-electron chi connectivity index (χ2n) is 5.87. The maximum absolute atomic E-state index is 9.12. The average Bonchev–Trinajstić information content (AvgIpc) is 2.96. The van der Waals surface area contributed by atoms with Gasteiger partial charge in [0.2, 0.25) is 0 Å². The van der Waals surface area contributed by atoms with E-state index in [-0.39, 0.29) is 0 Å². The Hall–Kier alpha value is -2.82. The van der Waals surface area contributed by atoms with Crippen LogP contribution in [0.4, 0.5) is 0 Å². The lowest BCUT2D eigenvalue weighted by Gasteiger charge is -2.09. The van der Waals surface area contributed by atoms with Crippen LogP contribution in [0.15, 0.2) is 34.6 Å². The van der Waals surface area contributed by atoms with E-state index in [1.165, 1.54) is 0 Å². The number of oxime groups is 2. The van der Waals surface area contributed by atoms with Crippen LogP contribution in [0, 0.1) is 13.8 Å². The van der Waals surface area contributed by atoms with Gasteiger partial charge in [0, 0.05) is 27.4 Å². The maximum atomic E-state index is 9.12. The van der Waals surface area contributed by atoms with Crippen molar-refractivity contribution >= 4 is 33.2 Å². The Morgan fingerprint density at radius 3 is 2.35 bits per heavy atom. The molecule has 118 valence electrons. The number of aromatic nitrogens is 1. The monoisotopic (exact) mass is 309 g/mol. The number of benzene rings is 2. The zero-order valence-corrected chi connectivity index (χ0v) is 13.6. The van der Waals surface area contributed by atoms with E-state index < -0.39 is 0 Å². The highest BCUT2D eigenvalue weighted by Crippen LogP contribution is 2.33. The molecule has 0 saturated carbocycles. The van der Waals surface area contributed by atoms with Crippen molar-refractivity contribution in [2.45, 2.75) is 27.7 Å². The number of hydrogen-bond donors (Lipinski definition) is 3. The number of aryl methyl sites for hydroxylation is 2. The van der Waals surface area contributed by atoms with E-state index in [2.05, 4.69) is 15.3 Å². The number of aromatic amines is 1. The highest BCUT2D eigenvalue weighted by atomic mass is 16.4. The summed E-state index contributed by atoms with van der Waals surface area (Å²) >= 11 is 0. The van der Waals surface area contributed by atoms with Gasteiger partial charge < -0.3 is 15.4 Å². The molecule has 0 saturated heterocycles. The Labute approximate surface area is 133 Å². The normalized spacial score (nSPS) is 13.2. The summed E-state index contributed by atoms with van der Waals surface area (Å²) in [5.74, 6) is 0. The summed E-state index contributed by atoms with van der Waals surface area (Å²) in [4.78, 5) is 3.45. The number of rotatable bonds is 2. The fourth-order valence-electron chi connectivity index (χ4n) is 3.12. The number of hydrogen-bond acceptors (Lipinski definition) is 4. The van der Waals surface area contributed by atoms with Crippen molar-refractivity contribution in [2.24, 2.45) is 10.3 Å². The molecule has 0 aliphatic carbocycles. The molecule has 1 heterocycles. The molecule has 0 radical (unpaired) electrons. The molecular formula is C18H19N3O2. The largest absolute Gasteiger partial charge is 0.411 e. The molecule has 3 aromatic rings. The Balaban J connectivity index is 2.45. The van der Waals surface area contributed by atoms with E-state index in [1.807, 2.05) is 38.1 Å². The molecule has 0 bridgehead atoms. The highest BCUT2D eigenvalue weighted by Gasteiger charge is 2.15. The summed E-state index contributed by atoms with van der Waals surface area (Å²) in [6.07, 6.45) is 0. The third-order valence-electron chi connectivity index (χ3n) is 4.44. The van der Waals surface area contributed by atoms with Crippen molar-refractivity contribution in [2.75, 3.05) is 0 Å². The molecular weight excluding hydrogens is 290 g/mol. The standard InChI is InChI=1S/C18H19N3O2/c1-9-7-14(12(4)21-23)10(2)17-15-8-13(11(3)20-22)5-6-16(15)19-18(9)17/h5-8,19,22-23H,1-4H3/b20-11+,21-12+. The van der Waals surface area contributed by atoms with Crippen LogP contribution in [0.3, 0.4) is 0 Å². The van der Waals surface area contributed by atoms with E-state index >= 15 is 0 Å². The molecule has 0 atom stereocenters. The zero-order chi connectivity index (χ0) is 16.7. The number of H-pyrrole nitrogens is 1. The van der Waals surface area contributed by atoms with Crippen LogP contribution >= 0.6 is 0 Å². The summed E-state index contributed by atoms with van der Waals surface area (Å²) in [6.45, 7) is 7.62. The lowest BCUT2D eigenvalue weighted by atomic mass is 9.95. The van der Waals surface area contributed by atoms with Gasteiger partial charge in [0.05, 0.1) is 11.4 Å². The first kappa shape index (κ1) is 15.1. The first-order chi connectivity index (χ1) is 11.0. The van der Waals surface area contributed by atoms with E-state index in [9.17, 15) is 0 Å². The third-order valence-corrected chi connectivity index (χ3v) is 4.44. The molecule has 5 heteroatoms. The molecule has 3 rings (SSSR count). The summed E-state index contributed by atoms with van der Waals surface area (Å²) in [6, 6.07) is 7.97. The molecule has 0 spiro atoms. The predicted molar refractivity (Wildman–Crippen MR) is 93.3 cm³/mol. The Bertz CT molecular complexity index is 981. The second-order valence-corrected chi connectivity index (χ2v) is 5.87. The Kier molecular flexibility index (Phi) is 3.56. The zero-order valence-electron chi connectivity index (χ0n) is 13.6. The third kappa shape index (κ3) is 2.25. The van der Waals surface area contributed by atoms with Gasteiger partial charge in [0.25, 0.3) is 0 Å². The van der Waals surface area contributed by atoms with Gasteiger partial charge in [0.1, 0.15) is 0 Å². The van der Waals surface area contributed by atoms with Crippen molar-refractivity contribution in [1.29, 1.82) is 0 Å². The number of nitrogens with one attached hydrogen (secondary N) is 1. The van der Waals surface area contributed by atoms with Gasteiger partial charge in [-0.1, -0.05) is 16.4 Å². The van der Waals surface area contributed by atoms with E-state index in [0.717, 1.165) is 44.1 Å². The predicted octanol–water partition coefficient (Wildman–Crippen LogP) is 4.33. The van der Waals surface area contributed by atoms with Crippen LogP contribution in [0.5, 0.6) is 0 Å². The van der Waals surface area contributed by atoms with Gasteiger partial charge in [0.15, 0.2) is 0 Å². The van der Waals surface area contributed by atoms with Crippen molar-refractivity contribution < 1.29 is 10.4 Å². The quantitative estimate of drug-likeness (QED) is 0.374. The molecule has 5 nitrogen and oxygen atoms in total.